The second kappa shape index (κ2) is 8.90. The summed E-state index contributed by atoms with van der Waals surface area (Å²) < 4.78 is 17.8. The van der Waals surface area contributed by atoms with Crippen LogP contribution in [0.1, 0.15) is 19.8 Å². The molecule has 0 aliphatic heterocycles. The Hall–Kier alpha value is -2.55. The molecule has 0 unspecified atom stereocenters. The van der Waals surface area contributed by atoms with Crippen molar-refractivity contribution in [1.82, 2.24) is 0 Å². The third-order valence-corrected chi connectivity index (χ3v) is 4.81. The fraction of sp³-hybridized carbons (Fsp3) is 0.471. The Morgan fingerprint density at radius 3 is 2.78 bits per heavy atom. The number of carbonyl (C=O) groups excluding carboxylic acids is 3. The van der Waals surface area contributed by atoms with E-state index in [-0.39, 0.29) is 35.3 Å². The Labute approximate surface area is 159 Å². The van der Waals surface area contributed by atoms with E-state index in [0.717, 1.165) is 12.1 Å². The van der Waals surface area contributed by atoms with Crippen LogP contribution in [0.25, 0.3) is 0 Å². The van der Waals surface area contributed by atoms with Crippen molar-refractivity contribution in [3.05, 3.63) is 39.2 Å². The van der Waals surface area contributed by atoms with Gasteiger partial charge in [0.2, 0.25) is 6.54 Å². The van der Waals surface area contributed by atoms with Gasteiger partial charge >= 0.3 is 5.97 Å². The number of hydrogen-bond acceptors (Lipinski definition) is 6. The molecular weight excluding hydrogens is 383 g/mol. The number of ketones is 1. The molecule has 0 spiro atoms. The maximum Gasteiger partial charge on any atom is 0.307 e. The number of nitrogens with one attached hydrogen (secondary N) is 1. The zero-order chi connectivity index (χ0) is 20.1. The first-order valence-corrected chi connectivity index (χ1v) is 8.60. The Morgan fingerprint density at radius 2 is 2.15 bits per heavy atom. The highest BCUT2D eigenvalue weighted by Gasteiger charge is 2.44. The Bertz CT molecular complexity index is 772. The van der Waals surface area contributed by atoms with Gasteiger partial charge in [0.25, 0.3) is 5.91 Å². The molecule has 146 valence electrons. The molecule has 1 amide bonds. The predicted octanol–water partition coefficient (Wildman–Crippen LogP) is 2.47. The number of carbonyl (C=O) groups is 3. The largest absolute Gasteiger partial charge is 0.456 e. The van der Waals surface area contributed by atoms with E-state index in [4.69, 9.17) is 16.3 Å². The van der Waals surface area contributed by atoms with Gasteiger partial charge in [-0.05, 0) is 24.1 Å². The highest BCUT2D eigenvalue weighted by Crippen LogP contribution is 2.36. The van der Waals surface area contributed by atoms with Gasteiger partial charge in [-0.25, -0.2) is 4.39 Å². The molecule has 0 heterocycles. The lowest BCUT2D eigenvalue weighted by atomic mass is 9.88. The number of benzene rings is 1. The molecule has 1 aromatic rings. The molecule has 3 atom stereocenters. The second-order valence-electron chi connectivity index (χ2n) is 6.47. The van der Waals surface area contributed by atoms with E-state index in [0.29, 0.717) is 0 Å². The summed E-state index contributed by atoms with van der Waals surface area (Å²) in [6.07, 6.45) is -0.133. The number of anilines is 1. The molecule has 27 heavy (non-hydrogen) atoms. The van der Waals surface area contributed by atoms with E-state index in [9.17, 15) is 28.9 Å². The number of nitrogens with zero attached hydrogens (tertiary/aromatic N) is 1. The lowest BCUT2D eigenvalue weighted by Gasteiger charge is -2.17. The Morgan fingerprint density at radius 1 is 1.44 bits per heavy atom. The van der Waals surface area contributed by atoms with Crippen LogP contribution in [0.3, 0.4) is 0 Å². The summed E-state index contributed by atoms with van der Waals surface area (Å²) >= 11 is 5.78. The summed E-state index contributed by atoms with van der Waals surface area (Å²) in [5.74, 6) is -3.78. The summed E-state index contributed by atoms with van der Waals surface area (Å²) in [6.45, 7) is 0.717. The van der Waals surface area contributed by atoms with E-state index >= 15 is 0 Å². The third-order valence-electron chi connectivity index (χ3n) is 4.50. The van der Waals surface area contributed by atoms with E-state index in [2.05, 4.69) is 5.32 Å². The highest BCUT2D eigenvalue weighted by molar-refractivity contribution is 6.33. The van der Waals surface area contributed by atoms with Crippen LogP contribution in [0.2, 0.25) is 5.02 Å². The van der Waals surface area contributed by atoms with Crippen LogP contribution in [-0.4, -0.2) is 35.7 Å². The molecule has 0 bridgehead atoms. The van der Waals surface area contributed by atoms with Gasteiger partial charge in [0.1, 0.15) is 11.6 Å². The molecule has 2 rings (SSSR count). The van der Waals surface area contributed by atoms with Gasteiger partial charge in [0.05, 0.1) is 17.1 Å². The summed E-state index contributed by atoms with van der Waals surface area (Å²) in [5.41, 5.74) is 0.157. The third kappa shape index (κ3) is 5.72. The van der Waals surface area contributed by atoms with Crippen LogP contribution >= 0.6 is 11.6 Å². The molecule has 0 aromatic heterocycles. The first-order chi connectivity index (χ1) is 12.7. The Balaban J connectivity index is 1.86. The number of hydrogen-bond donors (Lipinski definition) is 1. The number of Topliss-reactive ketones (excluding diaryl/α,β-unsaturated/α-hetero) is 1. The average molecular weight is 401 g/mol. The first-order valence-electron chi connectivity index (χ1n) is 8.22. The molecule has 1 aromatic carbocycles. The van der Waals surface area contributed by atoms with Crippen LogP contribution in [0, 0.1) is 33.7 Å². The number of amides is 1. The van der Waals surface area contributed by atoms with Crippen LogP contribution < -0.4 is 5.32 Å². The molecule has 1 aliphatic carbocycles. The minimum atomic E-state index is -0.795. The normalized spacial score (nSPS) is 21.7. The van der Waals surface area contributed by atoms with Gasteiger partial charge in [-0.1, -0.05) is 18.5 Å². The number of halogens is 2. The summed E-state index contributed by atoms with van der Waals surface area (Å²) in [7, 11) is 0. The van der Waals surface area contributed by atoms with Crippen molar-refractivity contribution in [3.63, 3.8) is 0 Å². The van der Waals surface area contributed by atoms with Gasteiger partial charge in [0, 0.05) is 23.2 Å². The van der Waals surface area contributed by atoms with Gasteiger partial charge in [-0.2, -0.15) is 0 Å². The Kier molecular flexibility index (Phi) is 6.84. The molecule has 0 radical (unpaired) electrons. The van der Waals surface area contributed by atoms with E-state index in [1.165, 1.54) is 6.07 Å². The van der Waals surface area contributed by atoms with Crippen LogP contribution in [0.15, 0.2) is 18.2 Å². The topological polar surface area (TPSA) is 116 Å². The molecule has 0 saturated heterocycles. The van der Waals surface area contributed by atoms with Crippen LogP contribution in [0.4, 0.5) is 10.1 Å². The lowest BCUT2D eigenvalue weighted by Crippen LogP contribution is -2.28. The smallest absolute Gasteiger partial charge is 0.307 e. The summed E-state index contributed by atoms with van der Waals surface area (Å²) in [5, 5.41) is 13.1. The fourth-order valence-electron chi connectivity index (χ4n) is 3.16. The van der Waals surface area contributed by atoms with Gasteiger partial charge in [-0.15, -0.1) is 0 Å². The molecule has 1 aliphatic rings. The van der Waals surface area contributed by atoms with Gasteiger partial charge in [-0.3, -0.25) is 24.5 Å². The standard InChI is InChI=1S/C17H18ClFN2O6/c1-9-4-15(22)11(12(9)7-21(25)26)6-17(24)27-8-16(23)20-14-3-2-10(19)5-13(14)18/h2-3,5,9,11-12H,4,6-8H2,1H3,(H,20,23)/t9-,11-,12+/m0/s1. The SMILES string of the molecule is C[C@H]1CC(=O)[C@@H](CC(=O)OCC(=O)Nc2ccc(F)cc2Cl)[C@@H]1C[N+](=O)[O-]. The van der Waals surface area contributed by atoms with Crippen molar-refractivity contribution < 1.29 is 28.4 Å². The van der Waals surface area contributed by atoms with Crippen LogP contribution in [-0.2, 0) is 19.1 Å². The number of ether oxygens (including phenoxy) is 1. The van der Waals surface area contributed by atoms with Gasteiger partial charge < -0.3 is 10.1 Å². The molecule has 8 nitrogen and oxygen atoms in total. The number of esters is 1. The maximum absolute atomic E-state index is 13.0. The quantitative estimate of drug-likeness (QED) is 0.427. The monoisotopic (exact) mass is 400 g/mol. The second-order valence-corrected chi connectivity index (χ2v) is 6.88. The first kappa shape index (κ1) is 20.8. The molecular formula is C17H18ClFN2O6. The minimum Gasteiger partial charge on any atom is -0.456 e. The van der Waals surface area contributed by atoms with Crippen molar-refractivity contribution >= 4 is 34.9 Å². The van der Waals surface area contributed by atoms with Crippen molar-refractivity contribution in [2.75, 3.05) is 18.5 Å². The van der Waals surface area contributed by atoms with Crippen molar-refractivity contribution in [3.8, 4) is 0 Å². The fourth-order valence-corrected chi connectivity index (χ4v) is 3.38. The van der Waals surface area contributed by atoms with Gasteiger partial charge in [0.15, 0.2) is 6.61 Å². The summed E-state index contributed by atoms with van der Waals surface area (Å²) in [6, 6.07) is 3.39. The van der Waals surface area contributed by atoms with E-state index < -0.39 is 47.6 Å². The molecule has 1 saturated carbocycles. The van der Waals surface area contributed by atoms with Crippen molar-refractivity contribution in [1.29, 1.82) is 0 Å². The van der Waals surface area contributed by atoms with Crippen molar-refractivity contribution in [2.45, 2.75) is 19.8 Å². The van der Waals surface area contributed by atoms with Crippen molar-refractivity contribution in [2.24, 2.45) is 17.8 Å². The predicted molar refractivity (Wildman–Crippen MR) is 93.2 cm³/mol. The average Bonchev–Trinajstić information content (AvgIpc) is 2.82. The number of rotatable bonds is 7. The zero-order valence-corrected chi connectivity index (χ0v) is 15.2. The minimum absolute atomic E-state index is 0.0113. The van der Waals surface area contributed by atoms with E-state index in [1.807, 2.05) is 0 Å². The molecule has 1 fully saturated rings. The highest BCUT2D eigenvalue weighted by atomic mass is 35.5. The summed E-state index contributed by atoms with van der Waals surface area (Å²) in [4.78, 5) is 46.0. The molecule has 1 N–H and O–H groups in total. The number of nitro groups is 1. The maximum atomic E-state index is 13.0. The lowest BCUT2D eigenvalue weighted by molar-refractivity contribution is -0.490. The van der Waals surface area contributed by atoms with Crippen LogP contribution in [0.5, 0.6) is 0 Å². The zero-order valence-electron chi connectivity index (χ0n) is 14.4. The van der Waals surface area contributed by atoms with E-state index in [1.54, 1.807) is 6.92 Å². The molecule has 10 heteroatoms.